The molecule has 1 unspecified atom stereocenters. The predicted octanol–water partition coefficient (Wildman–Crippen LogP) is 6.23. The number of rotatable bonds is 9. The van der Waals surface area contributed by atoms with E-state index in [2.05, 4.69) is 40.7 Å². The lowest BCUT2D eigenvalue weighted by Gasteiger charge is -2.18. The molecule has 164 valence electrons. The first kappa shape index (κ1) is 23.1. The summed E-state index contributed by atoms with van der Waals surface area (Å²) in [5.41, 5.74) is 3.94. The van der Waals surface area contributed by atoms with E-state index in [0.29, 0.717) is 17.7 Å². The smallest absolute Gasteiger partial charge is 0.237 e. The third-order valence-corrected chi connectivity index (χ3v) is 6.68. The van der Waals surface area contributed by atoms with Crippen molar-refractivity contribution in [1.29, 1.82) is 0 Å². The minimum absolute atomic E-state index is 0.0485. The molecule has 1 aromatic heterocycles. The number of nitrogens with one attached hydrogen (secondary N) is 2. The molecular weight excluding hydrogens is 428 g/mol. The van der Waals surface area contributed by atoms with Crippen molar-refractivity contribution in [2.45, 2.75) is 50.1 Å². The molecule has 2 N–H and O–H groups in total. The fourth-order valence-electron chi connectivity index (χ4n) is 3.05. The van der Waals surface area contributed by atoms with Crippen LogP contribution in [0.2, 0.25) is 0 Å². The fraction of sp³-hybridized carbons (Fsp3) is 0.348. The number of thioether (sulfide) groups is 1. The molecule has 8 heteroatoms. The maximum atomic E-state index is 12.9. The molecule has 6 nitrogen and oxygen atoms in total. The van der Waals surface area contributed by atoms with Crippen LogP contribution in [-0.2, 0) is 4.79 Å². The van der Waals surface area contributed by atoms with Gasteiger partial charge in [-0.3, -0.25) is 4.79 Å². The predicted molar refractivity (Wildman–Crippen MR) is 130 cm³/mol. The molecule has 0 bridgehead atoms. The van der Waals surface area contributed by atoms with E-state index in [1.165, 1.54) is 23.1 Å². The average Bonchev–Trinajstić information content (AvgIpc) is 3.17. The number of carbonyl (C=O) groups is 1. The van der Waals surface area contributed by atoms with E-state index in [-0.39, 0.29) is 11.2 Å². The van der Waals surface area contributed by atoms with Gasteiger partial charge in [0.2, 0.25) is 11.0 Å². The zero-order valence-electron chi connectivity index (χ0n) is 18.4. The molecule has 1 amide bonds. The summed E-state index contributed by atoms with van der Waals surface area (Å²) in [6, 6.07) is 13.8. The SMILES string of the molecule is CCOc1ccccc1Nc1nnc(SC(C)C(=O)Nc2c(C)cccc2C(C)C)s1. The summed E-state index contributed by atoms with van der Waals surface area (Å²) in [7, 11) is 0. The first-order valence-corrected chi connectivity index (χ1v) is 12.0. The quantitative estimate of drug-likeness (QED) is 0.372. The fourth-order valence-corrected chi connectivity index (χ4v) is 4.95. The second kappa shape index (κ2) is 10.6. The number of hydrogen-bond acceptors (Lipinski definition) is 7. The van der Waals surface area contributed by atoms with Crippen LogP contribution in [0.15, 0.2) is 46.8 Å². The Labute approximate surface area is 191 Å². The van der Waals surface area contributed by atoms with Gasteiger partial charge in [0.05, 0.1) is 17.5 Å². The Bertz CT molecular complexity index is 1040. The van der Waals surface area contributed by atoms with Crippen LogP contribution in [-0.4, -0.2) is 28.0 Å². The summed E-state index contributed by atoms with van der Waals surface area (Å²) in [5.74, 6) is 1.04. The summed E-state index contributed by atoms with van der Waals surface area (Å²) < 4.78 is 6.37. The summed E-state index contributed by atoms with van der Waals surface area (Å²) in [4.78, 5) is 12.9. The number of para-hydroxylation sites is 3. The molecule has 3 rings (SSSR count). The number of hydrogen-bond donors (Lipinski definition) is 2. The first-order valence-electron chi connectivity index (χ1n) is 10.3. The van der Waals surface area contributed by atoms with Crippen molar-refractivity contribution in [3.8, 4) is 5.75 Å². The summed E-state index contributed by atoms with van der Waals surface area (Å²) >= 11 is 2.81. The molecule has 1 heterocycles. The van der Waals surface area contributed by atoms with E-state index in [1.54, 1.807) is 0 Å². The molecule has 2 aromatic carbocycles. The van der Waals surface area contributed by atoms with Crippen molar-refractivity contribution in [1.82, 2.24) is 10.2 Å². The molecule has 0 saturated carbocycles. The van der Waals surface area contributed by atoms with Crippen molar-refractivity contribution in [2.75, 3.05) is 17.2 Å². The second-order valence-electron chi connectivity index (χ2n) is 7.37. The van der Waals surface area contributed by atoms with Gasteiger partial charge in [0, 0.05) is 5.69 Å². The van der Waals surface area contributed by atoms with E-state index in [0.717, 1.165) is 32.6 Å². The van der Waals surface area contributed by atoms with Crippen molar-refractivity contribution < 1.29 is 9.53 Å². The van der Waals surface area contributed by atoms with Gasteiger partial charge in [-0.1, -0.05) is 67.3 Å². The zero-order valence-corrected chi connectivity index (χ0v) is 20.1. The van der Waals surface area contributed by atoms with E-state index in [4.69, 9.17) is 4.74 Å². The highest BCUT2D eigenvalue weighted by Gasteiger charge is 2.20. The highest BCUT2D eigenvalue weighted by molar-refractivity contribution is 8.02. The summed E-state index contributed by atoms with van der Waals surface area (Å²) in [5, 5.41) is 15.2. The van der Waals surface area contributed by atoms with Gasteiger partial charge in [-0.2, -0.15) is 0 Å². The molecule has 3 aromatic rings. The van der Waals surface area contributed by atoms with Gasteiger partial charge in [-0.15, -0.1) is 10.2 Å². The third-order valence-electron chi connectivity index (χ3n) is 4.66. The highest BCUT2D eigenvalue weighted by Crippen LogP contribution is 2.34. The van der Waals surface area contributed by atoms with Crippen LogP contribution in [0.25, 0.3) is 0 Å². The van der Waals surface area contributed by atoms with Gasteiger partial charge >= 0.3 is 0 Å². The van der Waals surface area contributed by atoms with Crippen molar-refractivity contribution in [2.24, 2.45) is 0 Å². The van der Waals surface area contributed by atoms with Gasteiger partial charge < -0.3 is 15.4 Å². The molecule has 0 aliphatic carbocycles. The van der Waals surface area contributed by atoms with Crippen molar-refractivity contribution in [3.63, 3.8) is 0 Å². The van der Waals surface area contributed by atoms with Crippen molar-refractivity contribution >= 4 is 45.5 Å². The Morgan fingerprint density at radius 3 is 2.65 bits per heavy atom. The zero-order chi connectivity index (χ0) is 22.4. The van der Waals surface area contributed by atoms with Crippen LogP contribution in [0, 0.1) is 6.92 Å². The maximum Gasteiger partial charge on any atom is 0.237 e. The average molecular weight is 457 g/mol. The molecular formula is C23H28N4O2S2. The number of benzene rings is 2. The number of ether oxygens (including phenoxy) is 1. The lowest BCUT2D eigenvalue weighted by atomic mass is 9.98. The van der Waals surface area contributed by atoms with Gasteiger partial charge in [0.15, 0.2) is 4.34 Å². The van der Waals surface area contributed by atoms with E-state index < -0.39 is 0 Å². The molecule has 0 aliphatic rings. The molecule has 0 radical (unpaired) electrons. The summed E-state index contributed by atoms with van der Waals surface area (Å²) in [6.45, 7) is 10.7. The van der Waals surface area contributed by atoms with E-state index in [9.17, 15) is 4.79 Å². The molecule has 0 saturated heterocycles. The van der Waals surface area contributed by atoms with Crippen LogP contribution < -0.4 is 15.4 Å². The van der Waals surface area contributed by atoms with E-state index in [1.807, 2.05) is 57.2 Å². The number of anilines is 3. The minimum atomic E-state index is -0.309. The van der Waals surface area contributed by atoms with Crippen LogP contribution in [0.5, 0.6) is 5.75 Å². The number of aromatic nitrogens is 2. The van der Waals surface area contributed by atoms with Crippen LogP contribution >= 0.6 is 23.1 Å². The van der Waals surface area contributed by atoms with Crippen LogP contribution in [0.1, 0.15) is 44.7 Å². The third kappa shape index (κ3) is 5.98. The standard InChI is InChI=1S/C23H28N4O2S2/c1-6-29-19-13-8-7-12-18(19)24-22-26-27-23(31-22)30-16(5)21(28)25-20-15(4)10-9-11-17(20)14(2)3/h7-14,16H,6H2,1-5H3,(H,24,26)(H,25,28). The van der Waals surface area contributed by atoms with Gasteiger partial charge in [-0.05, 0) is 49.9 Å². The van der Waals surface area contributed by atoms with Crippen LogP contribution in [0.3, 0.4) is 0 Å². The minimum Gasteiger partial charge on any atom is -0.492 e. The lowest BCUT2D eigenvalue weighted by molar-refractivity contribution is -0.115. The molecule has 31 heavy (non-hydrogen) atoms. The topological polar surface area (TPSA) is 76.1 Å². The van der Waals surface area contributed by atoms with E-state index >= 15 is 0 Å². The Morgan fingerprint density at radius 2 is 1.90 bits per heavy atom. The number of amides is 1. The normalized spacial score (nSPS) is 11.9. The first-order chi connectivity index (χ1) is 14.9. The van der Waals surface area contributed by atoms with Gasteiger partial charge in [0.25, 0.3) is 0 Å². The number of aryl methyl sites for hydroxylation is 1. The second-order valence-corrected chi connectivity index (χ2v) is 9.94. The Hall–Kier alpha value is -2.58. The Kier molecular flexibility index (Phi) is 7.92. The van der Waals surface area contributed by atoms with Crippen LogP contribution in [0.4, 0.5) is 16.5 Å². The number of carbonyl (C=O) groups excluding carboxylic acids is 1. The molecule has 0 fully saturated rings. The molecule has 0 spiro atoms. The monoisotopic (exact) mass is 456 g/mol. The maximum absolute atomic E-state index is 12.9. The molecule has 1 atom stereocenters. The largest absolute Gasteiger partial charge is 0.492 e. The Morgan fingerprint density at radius 1 is 1.13 bits per heavy atom. The van der Waals surface area contributed by atoms with Crippen molar-refractivity contribution in [3.05, 3.63) is 53.6 Å². The van der Waals surface area contributed by atoms with Gasteiger partial charge in [0.1, 0.15) is 5.75 Å². The number of nitrogens with zero attached hydrogens (tertiary/aromatic N) is 2. The Balaban J connectivity index is 1.65. The van der Waals surface area contributed by atoms with Gasteiger partial charge in [-0.25, -0.2) is 0 Å². The lowest BCUT2D eigenvalue weighted by Crippen LogP contribution is -2.23. The molecule has 0 aliphatic heterocycles. The summed E-state index contributed by atoms with van der Waals surface area (Å²) in [6.07, 6.45) is 0. The highest BCUT2D eigenvalue weighted by atomic mass is 32.2.